The first-order valence-corrected chi connectivity index (χ1v) is 5.97. The van der Waals surface area contributed by atoms with Gasteiger partial charge in [-0.15, -0.1) is 0 Å². The monoisotopic (exact) mass is 252 g/mol. The van der Waals surface area contributed by atoms with Crippen LogP contribution < -0.4 is 0 Å². The van der Waals surface area contributed by atoms with Crippen molar-refractivity contribution in [2.24, 2.45) is 0 Å². The number of rotatable bonds is 7. The van der Waals surface area contributed by atoms with Crippen molar-refractivity contribution < 1.29 is 19.1 Å². The van der Waals surface area contributed by atoms with Gasteiger partial charge in [0, 0.05) is 19.3 Å². The second kappa shape index (κ2) is 11.7. The largest absolute Gasteiger partial charge is 0.469 e. The molecule has 0 aromatic heterocycles. The van der Waals surface area contributed by atoms with Gasteiger partial charge in [0.25, 0.3) is 0 Å². The van der Waals surface area contributed by atoms with Gasteiger partial charge in [-0.2, -0.15) is 0 Å². The predicted octanol–water partition coefficient (Wildman–Crippen LogP) is 2.23. The number of hydrogen-bond donors (Lipinski definition) is 0. The van der Waals surface area contributed by atoms with Crippen molar-refractivity contribution in [3.63, 3.8) is 0 Å². The molecule has 4 heteroatoms. The fraction of sp³-hybridized carbons (Fsp3) is 0.571. The molecule has 0 spiro atoms. The topological polar surface area (TPSA) is 52.6 Å². The summed E-state index contributed by atoms with van der Waals surface area (Å²) in [6.07, 6.45) is 7.53. The molecule has 0 atom stereocenters. The third-order valence-corrected chi connectivity index (χ3v) is 2.19. The molecule has 0 rings (SSSR count). The quantitative estimate of drug-likeness (QED) is 0.396. The van der Waals surface area contributed by atoms with Crippen LogP contribution in [0.3, 0.4) is 0 Å². The first kappa shape index (κ1) is 16.2. The van der Waals surface area contributed by atoms with Crippen LogP contribution in [-0.2, 0) is 19.1 Å². The first-order chi connectivity index (χ1) is 8.70. The summed E-state index contributed by atoms with van der Waals surface area (Å²) in [5.74, 6) is 5.44. The summed E-state index contributed by atoms with van der Waals surface area (Å²) in [4.78, 5) is 21.6. The molecule has 0 radical (unpaired) electrons. The van der Waals surface area contributed by atoms with Gasteiger partial charge < -0.3 is 9.47 Å². The highest BCUT2D eigenvalue weighted by Crippen LogP contribution is 1.98. The van der Waals surface area contributed by atoms with E-state index in [0.717, 1.165) is 19.3 Å². The van der Waals surface area contributed by atoms with Gasteiger partial charge in [0.05, 0.1) is 14.2 Å². The summed E-state index contributed by atoms with van der Waals surface area (Å²) < 4.78 is 9.03. The van der Waals surface area contributed by atoms with Crippen molar-refractivity contribution >= 4 is 11.9 Å². The van der Waals surface area contributed by atoms with E-state index in [4.69, 9.17) is 0 Å². The molecule has 0 saturated heterocycles. The van der Waals surface area contributed by atoms with Gasteiger partial charge in [0.2, 0.25) is 0 Å². The Bertz CT molecular complexity index is 333. The second-order valence-corrected chi connectivity index (χ2v) is 3.62. The molecule has 0 aromatic carbocycles. The number of ether oxygens (including phenoxy) is 2. The molecular formula is C14H20O4. The number of unbranched alkanes of at least 4 members (excludes halogenated alkanes) is 2. The van der Waals surface area contributed by atoms with Crippen LogP contribution in [-0.4, -0.2) is 26.2 Å². The fourth-order valence-electron chi connectivity index (χ4n) is 1.16. The summed E-state index contributed by atoms with van der Waals surface area (Å²) in [6.45, 7) is 0. The Hall–Kier alpha value is -1.76. The Kier molecular flexibility index (Phi) is 10.6. The molecule has 0 bridgehead atoms. The second-order valence-electron chi connectivity index (χ2n) is 3.62. The van der Waals surface area contributed by atoms with Gasteiger partial charge in [-0.25, -0.2) is 0 Å². The Labute approximate surface area is 108 Å². The van der Waals surface area contributed by atoms with Crippen LogP contribution in [0.4, 0.5) is 0 Å². The molecule has 0 N–H and O–H groups in total. The smallest absolute Gasteiger partial charge is 0.305 e. The Morgan fingerprint density at radius 3 is 2.28 bits per heavy atom. The maximum absolute atomic E-state index is 10.8. The zero-order chi connectivity index (χ0) is 13.6. The molecule has 0 fully saturated rings. The minimum Gasteiger partial charge on any atom is -0.469 e. The van der Waals surface area contributed by atoms with Crippen molar-refractivity contribution in [3.8, 4) is 11.8 Å². The van der Waals surface area contributed by atoms with Gasteiger partial charge in [0.1, 0.15) is 0 Å². The number of carbonyl (C=O) groups is 2. The zero-order valence-corrected chi connectivity index (χ0v) is 11.0. The maximum atomic E-state index is 10.8. The molecule has 0 aliphatic heterocycles. The van der Waals surface area contributed by atoms with Crippen LogP contribution >= 0.6 is 0 Å². The van der Waals surface area contributed by atoms with Gasteiger partial charge in [-0.05, 0) is 25.3 Å². The van der Waals surface area contributed by atoms with E-state index in [1.807, 2.05) is 6.08 Å². The van der Waals surface area contributed by atoms with Crippen LogP contribution in [0.1, 0.15) is 38.5 Å². The average Bonchev–Trinajstić information content (AvgIpc) is 2.40. The lowest BCUT2D eigenvalue weighted by atomic mass is 10.2. The Balaban J connectivity index is 3.47. The van der Waals surface area contributed by atoms with E-state index < -0.39 is 0 Å². The predicted molar refractivity (Wildman–Crippen MR) is 68.7 cm³/mol. The molecular weight excluding hydrogens is 232 g/mol. The third kappa shape index (κ3) is 10.7. The Morgan fingerprint density at radius 1 is 1.06 bits per heavy atom. The average molecular weight is 252 g/mol. The highest BCUT2D eigenvalue weighted by atomic mass is 16.5. The van der Waals surface area contributed by atoms with Gasteiger partial charge in [-0.1, -0.05) is 17.9 Å². The summed E-state index contributed by atoms with van der Waals surface area (Å²) in [5.41, 5.74) is 0. The maximum Gasteiger partial charge on any atom is 0.305 e. The normalized spacial score (nSPS) is 9.67. The minimum atomic E-state index is -0.199. The summed E-state index contributed by atoms with van der Waals surface area (Å²) in [7, 11) is 2.77. The minimum absolute atomic E-state index is 0.183. The number of allylic oxidation sites excluding steroid dienone is 2. The van der Waals surface area contributed by atoms with Crippen LogP contribution in [0.25, 0.3) is 0 Å². The lowest BCUT2D eigenvalue weighted by Crippen LogP contribution is -1.98. The molecule has 0 aromatic rings. The number of carbonyl (C=O) groups excluding carboxylic acids is 2. The van der Waals surface area contributed by atoms with Crippen molar-refractivity contribution in [3.05, 3.63) is 12.2 Å². The van der Waals surface area contributed by atoms with Crippen LogP contribution in [0.15, 0.2) is 12.2 Å². The molecule has 100 valence electrons. The van der Waals surface area contributed by atoms with E-state index in [9.17, 15) is 9.59 Å². The highest BCUT2D eigenvalue weighted by molar-refractivity contribution is 5.69. The SMILES string of the molecule is COC(=O)CCCC#C/C=C\CCCC(=O)OC. The molecule has 0 amide bonds. The van der Waals surface area contributed by atoms with E-state index in [0.29, 0.717) is 19.3 Å². The lowest BCUT2D eigenvalue weighted by molar-refractivity contribution is -0.141. The van der Waals surface area contributed by atoms with Crippen LogP contribution in [0.2, 0.25) is 0 Å². The number of hydrogen-bond acceptors (Lipinski definition) is 4. The van der Waals surface area contributed by atoms with Gasteiger partial charge in [-0.3, -0.25) is 9.59 Å². The third-order valence-electron chi connectivity index (χ3n) is 2.19. The van der Waals surface area contributed by atoms with Gasteiger partial charge in [0.15, 0.2) is 0 Å². The molecule has 18 heavy (non-hydrogen) atoms. The number of methoxy groups -OCH3 is 2. The fourth-order valence-corrected chi connectivity index (χ4v) is 1.16. The first-order valence-electron chi connectivity index (χ1n) is 5.97. The van der Waals surface area contributed by atoms with Crippen molar-refractivity contribution in [2.75, 3.05) is 14.2 Å². The summed E-state index contributed by atoms with van der Waals surface area (Å²) >= 11 is 0. The highest BCUT2D eigenvalue weighted by Gasteiger charge is 1.97. The van der Waals surface area contributed by atoms with E-state index >= 15 is 0 Å². The zero-order valence-electron chi connectivity index (χ0n) is 11.0. The van der Waals surface area contributed by atoms with Crippen LogP contribution in [0.5, 0.6) is 0 Å². The lowest BCUT2D eigenvalue weighted by Gasteiger charge is -1.94. The molecule has 4 nitrogen and oxygen atoms in total. The van der Waals surface area contributed by atoms with E-state index in [-0.39, 0.29) is 11.9 Å². The molecule has 0 aliphatic carbocycles. The van der Waals surface area contributed by atoms with E-state index in [2.05, 4.69) is 21.3 Å². The molecule has 0 aliphatic rings. The summed E-state index contributed by atoms with van der Waals surface area (Å²) in [5, 5.41) is 0. The Morgan fingerprint density at radius 2 is 1.67 bits per heavy atom. The van der Waals surface area contributed by atoms with Crippen molar-refractivity contribution in [1.29, 1.82) is 0 Å². The molecule has 0 saturated carbocycles. The van der Waals surface area contributed by atoms with E-state index in [1.165, 1.54) is 14.2 Å². The molecule has 0 heterocycles. The van der Waals surface area contributed by atoms with Crippen molar-refractivity contribution in [1.82, 2.24) is 0 Å². The number of esters is 2. The molecule has 0 unspecified atom stereocenters. The standard InChI is InChI=1S/C14H20O4/c1-17-13(15)11-9-7-5-3-4-6-8-10-12-14(16)18-2/h3,5H,7-12H2,1-2H3/b5-3-. The van der Waals surface area contributed by atoms with Crippen molar-refractivity contribution in [2.45, 2.75) is 38.5 Å². The van der Waals surface area contributed by atoms with E-state index in [1.54, 1.807) is 6.08 Å². The summed E-state index contributed by atoms with van der Waals surface area (Å²) in [6, 6.07) is 0. The van der Waals surface area contributed by atoms with Crippen LogP contribution in [0, 0.1) is 11.8 Å². The van der Waals surface area contributed by atoms with Gasteiger partial charge >= 0.3 is 11.9 Å².